The number of para-hydroxylation sites is 1. The van der Waals surface area contributed by atoms with Crippen molar-refractivity contribution in [2.24, 2.45) is 0 Å². The van der Waals surface area contributed by atoms with E-state index in [2.05, 4.69) is 20.8 Å². The lowest BCUT2D eigenvalue weighted by Gasteiger charge is -2.11. The lowest BCUT2D eigenvalue weighted by Crippen LogP contribution is -2.22. The van der Waals surface area contributed by atoms with Crippen LogP contribution in [0, 0.1) is 0 Å². The lowest BCUT2D eigenvalue weighted by atomic mass is 10.3. The van der Waals surface area contributed by atoms with Gasteiger partial charge in [-0.15, -0.1) is 10.2 Å². The molecule has 140 valence electrons. The van der Waals surface area contributed by atoms with Crippen LogP contribution in [0.25, 0.3) is 0 Å². The third kappa shape index (κ3) is 5.35. The molecular weight excluding hydrogens is 404 g/mol. The fourth-order valence-corrected chi connectivity index (χ4v) is 4.21. The maximum absolute atomic E-state index is 12.4. The first kappa shape index (κ1) is 19.5. The Labute approximate surface area is 170 Å². The first-order chi connectivity index (χ1) is 13.0. The maximum atomic E-state index is 12.4. The summed E-state index contributed by atoms with van der Waals surface area (Å²) in [6.45, 7) is 1.81. The molecule has 3 aromatic rings. The molecule has 0 aliphatic rings. The summed E-state index contributed by atoms with van der Waals surface area (Å²) in [7, 11) is 1.62. The summed E-state index contributed by atoms with van der Waals surface area (Å²) in [5, 5.41) is 15.1. The molecule has 1 aromatic heterocycles. The standard InChI is InChI=1S/C18H17ClN4O2S2/c1-11(16(24)21-15-6-4-3-5-14(15)19)26-18-23-22-17(27-18)20-12-7-9-13(25-2)10-8-12/h3-11H,1-2H3,(H,20,22)(H,21,24). The van der Waals surface area contributed by atoms with Crippen molar-refractivity contribution in [2.45, 2.75) is 16.5 Å². The Morgan fingerprint density at radius 1 is 1.19 bits per heavy atom. The molecule has 0 saturated carbocycles. The number of carbonyl (C=O) groups is 1. The molecule has 2 aromatic carbocycles. The first-order valence-corrected chi connectivity index (χ1v) is 10.1. The molecule has 27 heavy (non-hydrogen) atoms. The second-order valence-corrected chi connectivity index (χ2v) is 8.43. The predicted molar refractivity (Wildman–Crippen MR) is 112 cm³/mol. The Hall–Kier alpha value is -2.29. The highest BCUT2D eigenvalue weighted by Gasteiger charge is 2.18. The van der Waals surface area contributed by atoms with Crippen LogP contribution in [0.5, 0.6) is 5.75 Å². The average molecular weight is 421 g/mol. The Balaban J connectivity index is 1.57. The van der Waals surface area contributed by atoms with Gasteiger partial charge >= 0.3 is 0 Å². The molecule has 0 aliphatic heterocycles. The highest BCUT2D eigenvalue weighted by molar-refractivity contribution is 8.02. The Morgan fingerprint density at radius 3 is 2.63 bits per heavy atom. The zero-order valence-corrected chi connectivity index (χ0v) is 17.0. The number of hydrogen-bond acceptors (Lipinski definition) is 7. The number of nitrogens with one attached hydrogen (secondary N) is 2. The van der Waals surface area contributed by atoms with Crippen LogP contribution < -0.4 is 15.4 Å². The summed E-state index contributed by atoms with van der Waals surface area (Å²) in [6.07, 6.45) is 0. The van der Waals surface area contributed by atoms with Gasteiger partial charge in [0.2, 0.25) is 11.0 Å². The van der Waals surface area contributed by atoms with Gasteiger partial charge in [0.1, 0.15) is 5.75 Å². The molecule has 1 amide bonds. The van der Waals surface area contributed by atoms with E-state index in [0.29, 0.717) is 20.2 Å². The quantitative estimate of drug-likeness (QED) is 0.520. The van der Waals surface area contributed by atoms with Crippen LogP contribution in [0.2, 0.25) is 5.02 Å². The number of anilines is 3. The highest BCUT2D eigenvalue weighted by atomic mass is 35.5. The number of rotatable bonds is 7. The number of benzene rings is 2. The van der Waals surface area contributed by atoms with E-state index in [-0.39, 0.29) is 11.2 Å². The van der Waals surface area contributed by atoms with Gasteiger partial charge in [-0.05, 0) is 43.3 Å². The minimum atomic E-state index is -0.344. The zero-order valence-electron chi connectivity index (χ0n) is 14.6. The van der Waals surface area contributed by atoms with Gasteiger partial charge in [0.25, 0.3) is 0 Å². The smallest absolute Gasteiger partial charge is 0.237 e. The average Bonchev–Trinajstić information content (AvgIpc) is 3.11. The monoisotopic (exact) mass is 420 g/mol. The van der Waals surface area contributed by atoms with Crippen molar-refractivity contribution in [2.75, 3.05) is 17.7 Å². The van der Waals surface area contributed by atoms with Crippen molar-refractivity contribution in [3.05, 3.63) is 53.6 Å². The van der Waals surface area contributed by atoms with Crippen LogP contribution in [0.4, 0.5) is 16.5 Å². The van der Waals surface area contributed by atoms with Crippen molar-refractivity contribution in [1.29, 1.82) is 0 Å². The number of ether oxygens (including phenoxy) is 1. The molecule has 3 rings (SSSR count). The van der Waals surface area contributed by atoms with Crippen LogP contribution in [-0.4, -0.2) is 28.5 Å². The van der Waals surface area contributed by atoms with Crippen molar-refractivity contribution in [1.82, 2.24) is 10.2 Å². The fourth-order valence-electron chi connectivity index (χ4n) is 2.11. The number of halogens is 1. The number of nitrogens with zero attached hydrogens (tertiary/aromatic N) is 2. The summed E-state index contributed by atoms with van der Waals surface area (Å²) in [5.74, 6) is 0.639. The number of hydrogen-bond donors (Lipinski definition) is 2. The van der Waals surface area contributed by atoms with Gasteiger partial charge in [0.15, 0.2) is 4.34 Å². The van der Waals surface area contributed by atoms with E-state index in [4.69, 9.17) is 16.3 Å². The fraction of sp³-hybridized carbons (Fsp3) is 0.167. The summed E-state index contributed by atoms with van der Waals surface area (Å²) < 4.78 is 5.84. The summed E-state index contributed by atoms with van der Waals surface area (Å²) in [5.41, 5.74) is 1.48. The number of thioether (sulfide) groups is 1. The largest absolute Gasteiger partial charge is 0.497 e. The number of carbonyl (C=O) groups excluding carboxylic acids is 1. The maximum Gasteiger partial charge on any atom is 0.237 e. The SMILES string of the molecule is COc1ccc(Nc2nnc(SC(C)C(=O)Nc3ccccc3Cl)s2)cc1. The van der Waals surface area contributed by atoms with Crippen LogP contribution >= 0.6 is 34.7 Å². The molecule has 1 heterocycles. The van der Waals surface area contributed by atoms with Gasteiger partial charge < -0.3 is 15.4 Å². The normalized spacial score (nSPS) is 11.7. The predicted octanol–water partition coefficient (Wildman–Crippen LogP) is 5.06. The van der Waals surface area contributed by atoms with E-state index in [1.807, 2.05) is 43.3 Å². The van der Waals surface area contributed by atoms with Crippen molar-refractivity contribution in [3.63, 3.8) is 0 Å². The summed E-state index contributed by atoms with van der Waals surface area (Å²) in [4.78, 5) is 12.4. The second kappa shape index (κ2) is 9.07. The molecule has 9 heteroatoms. The van der Waals surface area contributed by atoms with Crippen LogP contribution in [-0.2, 0) is 4.79 Å². The van der Waals surface area contributed by atoms with Gasteiger partial charge in [-0.2, -0.15) is 0 Å². The molecule has 0 aliphatic carbocycles. The molecule has 1 unspecified atom stereocenters. The minimum Gasteiger partial charge on any atom is -0.497 e. The van der Waals surface area contributed by atoms with E-state index in [1.165, 1.54) is 23.1 Å². The second-order valence-electron chi connectivity index (χ2n) is 5.46. The lowest BCUT2D eigenvalue weighted by molar-refractivity contribution is -0.115. The molecule has 0 saturated heterocycles. The Bertz CT molecular complexity index is 918. The van der Waals surface area contributed by atoms with Gasteiger partial charge in [0, 0.05) is 5.69 Å². The van der Waals surface area contributed by atoms with E-state index in [9.17, 15) is 4.79 Å². The molecule has 2 N–H and O–H groups in total. The van der Waals surface area contributed by atoms with Crippen LogP contribution in [0.15, 0.2) is 52.9 Å². The number of methoxy groups -OCH3 is 1. The van der Waals surface area contributed by atoms with E-state index < -0.39 is 0 Å². The highest BCUT2D eigenvalue weighted by Crippen LogP contribution is 2.31. The molecule has 6 nitrogen and oxygen atoms in total. The van der Waals surface area contributed by atoms with Gasteiger partial charge in [-0.25, -0.2) is 0 Å². The zero-order chi connectivity index (χ0) is 19.2. The molecule has 1 atom stereocenters. The topological polar surface area (TPSA) is 76.1 Å². The molecule has 0 fully saturated rings. The van der Waals surface area contributed by atoms with E-state index in [0.717, 1.165) is 11.4 Å². The Morgan fingerprint density at radius 2 is 1.93 bits per heavy atom. The Kier molecular flexibility index (Phi) is 6.54. The van der Waals surface area contributed by atoms with E-state index in [1.54, 1.807) is 19.2 Å². The van der Waals surface area contributed by atoms with E-state index >= 15 is 0 Å². The number of amides is 1. The summed E-state index contributed by atoms with van der Waals surface area (Å²) >= 11 is 8.80. The first-order valence-electron chi connectivity index (χ1n) is 8.02. The number of aromatic nitrogens is 2. The third-order valence-corrected chi connectivity index (χ3v) is 5.88. The van der Waals surface area contributed by atoms with Crippen molar-refractivity contribution < 1.29 is 9.53 Å². The van der Waals surface area contributed by atoms with Gasteiger partial charge in [-0.1, -0.05) is 46.8 Å². The summed E-state index contributed by atoms with van der Waals surface area (Å²) in [6, 6.07) is 14.6. The van der Waals surface area contributed by atoms with Crippen molar-refractivity contribution >= 4 is 57.1 Å². The van der Waals surface area contributed by atoms with Gasteiger partial charge in [-0.3, -0.25) is 4.79 Å². The molecule has 0 bridgehead atoms. The van der Waals surface area contributed by atoms with Crippen LogP contribution in [0.1, 0.15) is 6.92 Å². The minimum absolute atomic E-state index is 0.145. The van der Waals surface area contributed by atoms with Crippen LogP contribution in [0.3, 0.4) is 0 Å². The third-order valence-electron chi connectivity index (χ3n) is 3.53. The van der Waals surface area contributed by atoms with Gasteiger partial charge in [0.05, 0.1) is 23.1 Å². The van der Waals surface area contributed by atoms with Crippen molar-refractivity contribution in [3.8, 4) is 5.75 Å². The molecule has 0 radical (unpaired) electrons. The molecular formula is C18H17ClN4O2S2. The molecule has 0 spiro atoms.